The normalized spacial score (nSPS) is 16.8. The predicted octanol–water partition coefficient (Wildman–Crippen LogP) is 1.24. The monoisotopic (exact) mass is 364 g/mol. The summed E-state index contributed by atoms with van der Waals surface area (Å²) in [5.41, 5.74) is 1.24. The number of sulfonamides is 1. The number of benzene rings is 1. The Labute approximate surface area is 149 Å². The summed E-state index contributed by atoms with van der Waals surface area (Å²) in [5, 5.41) is 11.6. The summed E-state index contributed by atoms with van der Waals surface area (Å²) in [4.78, 5) is 14.2. The summed E-state index contributed by atoms with van der Waals surface area (Å²) in [6.45, 7) is 3.40. The molecule has 0 aliphatic carbocycles. The molecule has 1 amide bonds. The van der Waals surface area contributed by atoms with Crippen molar-refractivity contribution < 1.29 is 13.2 Å². The van der Waals surface area contributed by atoms with E-state index in [-0.39, 0.29) is 5.91 Å². The molecule has 0 spiro atoms. The second-order valence-corrected chi connectivity index (χ2v) is 8.18. The molecule has 1 fully saturated rings. The van der Waals surface area contributed by atoms with Gasteiger partial charge in [-0.05, 0) is 50.2 Å². The molecule has 8 heteroatoms. The molecular weight excluding hydrogens is 340 g/mol. The van der Waals surface area contributed by atoms with E-state index in [4.69, 9.17) is 5.26 Å². The first-order chi connectivity index (χ1) is 11.9. The van der Waals surface area contributed by atoms with E-state index in [1.54, 1.807) is 24.3 Å². The molecule has 1 heterocycles. The van der Waals surface area contributed by atoms with Gasteiger partial charge in [-0.1, -0.05) is 0 Å². The molecule has 1 aromatic rings. The van der Waals surface area contributed by atoms with Gasteiger partial charge in [0.15, 0.2) is 0 Å². The fraction of sp³-hybridized carbons (Fsp3) is 0.529. The highest BCUT2D eigenvalue weighted by Crippen LogP contribution is 2.11. The molecular formula is C17H24N4O3S. The fourth-order valence-corrected chi connectivity index (χ4v) is 3.69. The molecule has 0 atom stereocenters. The Morgan fingerprint density at radius 3 is 2.56 bits per heavy atom. The number of carbonyl (C=O) groups is 1. The Bertz CT molecular complexity index is 725. The predicted molar refractivity (Wildman–Crippen MR) is 96.5 cm³/mol. The summed E-state index contributed by atoms with van der Waals surface area (Å²) >= 11 is 0. The molecule has 7 nitrogen and oxygen atoms in total. The molecule has 0 unspecified atom stereocenters. The van der Waals surface area contributed by atoms with E-state index in [9.17, 15) is 13.2 Å². The van der Waals surface area contributed by atoms with Crippen LogP contribution in [-0.2, 0) is 14.8 Å². The number of nitrogens with one attached hydrogen (secondary N) is 1. The minimum Gasteiger partial charge on any atom is -0.326 e. The van der Waals surface area contributed by atoms with Crippen LogP contribution < -0.4 is 5.32 Å². The van der Waals surface area contributed by atoms with Crippen LogP contribution in [0.1, 0.15) is 24.8 Å². The van der Waals surface area contributed by atoms with Crippen LogP contribution in [0.3, 0.4) is 0 Å². The van der Waals surface area contributed by atoms with Crippen LogP contribution in [0.5, 0.6) is 0 Å². The van der Waals surface area contributed by atoms with Gasteiger partial charge in [-0.15, -0.1) is 0 Å². The smallest absolute Gasteiger partial charge is 0.224 e. The van der Waals surface area contributed by atoms with Crippen molar-refractivity contribution >= 4 is 21.6 Å². The Morgan fingerprint density at radius 1 is 1.20 bits per heavy atom. The molecule has 0 bridgehead atoms. The Kier molecular flexibility index (Phi) is 6.93. The average Bonchev–Trinajstić information content (AvgIpc) is 2.81. The lowest BCUT2D eigenvalue weighted by Crippen LogP contribution is -2.34. The average molecular weight is 364 g/mol. The van der Waals surface area contributed by atoms with Gasteiger partial charge in [-0.25, -0.2) is 12.7 Å². The molecule has 1 aliphatic heterocycles. The zero-order chi connectivity index (χ0) is 18.3. The third-order valence-corrected chi connectivity index (χ3v) is 5.50. The highest BCUT2D eigenvalue weighted by Gasteiger charge is 2.21. The number of rotatable bonds is 6. The number of hydrogen-bond acceptors (Lipinski definition) is 5. The number of hydrogen-bond donors (Lipinski definition) is 1. The number of amides is 1. The van der Waals surface area contributed by atoms with Crippen molar-refractivity contribution in [2.45, 2.75) is 19.3 Å². The zero-order valence-corrected chi connectivity index (χ0v) is 15.3. The van der Waals surface area contributed by atoms with Crippen LogP contribution in [0.25, 0.3) is 0 Å². The Balaban J connectivity index is 1.71. The van der Waals surface area contributed by atoms with E-state index >= 15 is 0 Å². The number of anilines is 1. The summed E-state index contributed by atoms with van der Waals surface area (Å²) in [5.74, 6) is -0.0581. The van der Waals surface area contributed by atoms with E-state index in [1.165, 1.54) is 10.6 Å². The zero-order valence-electron chi connectivity index (χ0n) is 14.4. The maximum absolute atomic E-state index is 12.0. The van der Waals surface area contributed by atoms with E-state index in [2.05, 4.69) is 10.2 Å². The SMILES string of the molecule is CS(=O)(=O)N1CCCN(CCCC(=O)Nc2ccc(C#N)cc2)CC1. The van der Waals surface area contributed by atoms with Crippen molar-refractivity contribution in [3.05, 3.63) is 29.8 Å². The molecule has 1 aliphatic rings. The van der Waals surface area contributed by atoms with Gasteiger partial charge in [0.05, 0.1) is 17.9 Å². The first-order valence-corrected chi connectivity index (χ1v) is 10.2. The lowest BCUT2D eigenvalue weighted by Gasteiger charge is -2.20. The van der Waals surface area contributed by atoms with Crippen molar-refractivity contribution in [2.75, 3.05) is 44.3 Å². The maximum Gasteiger partial charge on any atom is 0.224 e. The van der Waals surface area contributed by atoms with Crippen LogP contribution >= 0.6 is 0 Å². The molecule has 0 radical (unpaired) electrons. The van der Waals surface area contributed by atoms with Gasteiger partial charge < -0.3 is 10.2 Å². The van der Waals surface area contributed by atoms with E-state index in [0.29, 0.717) is 37.3 Å². The van der Waals surface area contributed by atoms with Gasteiger partial charge in [-0.2, -0.15) is 5.26 Å². The Hall–Kier alpha value is -1.95. The lowest BCUT2D eigenvalue weighted by molar-refractivity contribution is -0.116. The van der Waals surface area contributed by atoms with Gasteiger partial charge >= 0.3 is 0 Å². The molecule has 1 saturated heterocycles. The second-order valence-electron chi connectivity index (χ2n) is 6.20. The standard InChI is InChI=1S/C17H24N4O3S/c1-25(23,24)21-11-3-10-20(12-13-21)9-2-4-17(22)19-16-7-5-15(14-18)6-8-16/h5-8H,2-4,9-13H2,1H3,(H,19,22). The van der Waals surface area contributed by atoms with Gasteiger partial charge in [-0.3, -0.25) is 4.79 Å². The van der Waals surface area contributed by atoms with Gasteiger partial charge in [0.25, 0.3) is 0 Å². The number of nitriles is 1. The topological polar surface area (TPSA) is 93.5 Å². The van der Waals surface area contributed by atoms with E-state index in [1.807, 2.05) is 6.07 Å². The van der Waals surface area contributed by atoms with Gasteiger partial charge in [0.1, 0.15) is 0 Å². The largest absolute Gasteiger partial charge is 0.326 e. The maximum atomic E-state index is 12.0. The summed E-state index contributed by atoms with van der Waals surface area (Å²) in [7, 11) is -3.12. The van der Waals surface area contributed by atoms with Crippen molar-refractivity contribution in [3.8, 4) is 6.07 Å². The van der Waals surface area contributed by atoms with Crippen LogP contribution in [0.15, 0.2) is 24.3 Å². The van der Waals surface area contributed by atoms with Crippen LogP contribution in [0.4, 0.5) is 5.69 Å². The second kappa shape index (κ2) is 8.94. The van der Waals surface area contributed by atoms with E-state index < -0.39 is 10.0 Å². The first-order valence-electron chi connectivity index (χ1n) is 8.36. The van der Waals surface area contributed by atoms with E-state index in [0.717, 1.165) is 25.9 Å². The molecule has 25 heavy (non-hydrogen) atoms. The third kappa shape index (κ3) is 6.46. The van der Waals surface area contributed by atoms with Crippen molar-refractivity contribution in [1.29, 1.82) is 5.26 Å². The van der Waals surface area contributed by atoms with Crippen LogP contribution in [0, 0.1) is 11.3 Å². The molecule has 1 N–H and O–H groups in total. The Morgan fingerprint density at radius 2 is 1.92 bits per heavy atom. The lowest BCUT2D eigenvalue weighted by atomic mass is 10.2. The summed E-state index contributed by atoms with van der Waals surface area (Å²) in [6, 6.07) is 8.80. The molecule has 0 aromatic heterocycles. The number of carbonyl (C=O) groups excluding carboxylic acids is 1. The van der Waals surface area contributed by atoms with Crippen molar-refractivity contribution in [1.82, 2.24) is 9.21 Å². The minimum absolute atomic E-state index is 0.0581. The summed E-state index contributed by atoms with van der Waals surface area (Å²) in [6.07, 6.45) is 3.19. The van der Waals surface area contributed by atoms with Crippen LogP contribution in [0.2, 0.25) is 0 Å². The molecule has 0 saturated carbocycles. The van der Waals surface area contributed by atoms with Gasteiger partial charge in [0.2, 0.25) is 15.9 Å². The highest BCUT2D eigenvalue weighted by molar-refractivity contribution is 7.88. The third-order valence-electron chi connectivity index (χ3n) is 4.19. The minimum atomic E-state index is -3.12. The van der Waals surface area contributed by atoms with Crippen LogP contribution in [-0.4, -0.2) is 62.5 Å². The van der Waals surface area contributed by atoms with Crippen molar-refractivity contribution in [3.63, 3.8) is 0 Å². The van der Waals surface area contributed by atoms with Crippen molar-refractivity contribution in [2.24, 2.45) is 0 Å². The quantitative estimate of drug-likeness (QED) is 0.820. The van der Waals surface area contributed by atoms with Gasteiger partial charge in [0, 0.05) is 31.7 Å². The number of nitrogens with zero attached hydrogens (tertiary/aromatic N) is 3. The molecule has 136 valence electrons. The fourth-order valence-electron chi connectivity index (χ4n) is 2.82. The highest BCUT2D eigenvalue weighted by atomic mass is 32.2. The molecule has 1 aromatic carbocycles. The molecule has 2 rings (SSSR count). The first kappa shape index (κ1) is 19.4. The summed E-state index contributed by atoms with van der Waals surface area (Å²) < 4.78 is 24.7.